The van der Waals surface area contributed by atoms with Gasteiger partial charge in [-0.2, -0.15) is 0 Å². The molecular formula is C15H20N4O. The van der Waals surface area contributed by atoms with E-state index in [1.807, 2.05) is 13.8 Å². The van der Waals surface area contributed by atoms with Crippen LogP contribution in [0.15, 0.2) is 53.8 Å². The summed E-state index contributed by atoms with van der Waals surface area (Å²) in [7, 11) is 1.67. The first-order chi connectivity index (χ1) is 9.42. The molecule has 1 aromatic rings. The maximum Gasteiger partial charge on any atom is 0.293 e. The van der Waals surface area contributed by atoms with E-state index in [0.717, 1.165) is 11.1 Å². The molecule has 1 aromatic heterocycles. The van der Waals surface area contributed by atoms with E-state index in [1.165, 1.54) is 4.57 Å². The second-order valence-electron chi connectivity index (χ2n) is 4.30. The van der Waals surface area contributed by atoms with Crippen molar-refractivity contribution in [2.75, 3.05) is 5.32 Å². The van der Waals surface area contributed by atoms with Crippen LogP contribution >= 0.6 is 0 Å². The smallest absolute Gasteiger partial charge is 0.293 e. The molecule has 20 heavy (non-hydrogen) atoms. The van der Waals surface area contributed by atoms with Crippen LogP contribution in [0.1, 0.15) is 19.5 Å². The largest absolute Gasteiger partial charge is 0.399 e. The van der Waals surface area contributed by atoms with Crippen LogP contribution in [0.5, 0.6) is 0 Å². The summed E-state index contributed by atoms with van der Waals surface area (Å²) >= 11 is 0. The lowest BCUT2D eigenvalue weighted by Gasteiger charge is -2.11. The second-order valence-corrected chi connectivity index (χ2v) is 4.30. The van der Waals surface area contributed by atoms with E-state index in [0.29, 0.717) is 11.4 Å². The summed E-state index contributed by atoms with van der Waals surface area (Å²) in [4.78, 5) is 16.3. The first kappa shape index (κ1) is 15.5. The molecule has 0 aromatic carbocycles. The van der Waals surface area contributed by atoms with Crippen LogP contribution in [0.25, 0.3) is 5.57 Å². The van der Waals surface area contributed by atoms with Crippen molar-refractivity contribution >= 4 is 11.4 Å². The normalized spacial score (nSPS) is 12.2. The summed E-state index contributed by atoms with van der Waals surface area (Å²) in [5, 5.41) is 2.86. The molecule has 0 unspecified atom stereocenters. The van der Waals surface area contributed by atoms with Gasteiger partial charge < -0.3 is 15.6 Å². The quantitative estimate of drug-likeness (QED) is 0.806. The van der Waals surface area contributed by atoms with Gasteiger partial charge in [0.15, 0.2) is 5.82 Å². The van der Waals surface area contributed by atoms with E-state index < -0.39 is 0 Å². The van der Waals surface area contributed by atoms with Crippen molar-refractivity contribution in [2.24, 2.45) is 12.8 Å². The maximum atomic E-state index is 12.0. The molecule has 5 nitrogen and oxygen atoms in total. The van der Waals surface area contributed by atoms with Crippen LogP contribution in [0.3, 0.4) is 0 Å². The van der Waals surface area contributed by atoms with Gasteiger partial charge in [0.05, 0.1) is 5.69 Å². The Bertz CT molecular complexity index is 650. The summed E-state index contributed by atoms with van der Waals surface area (Å²) < 4.78 is 1.46. The van der Waals surface area contributed by atoms with Crippen molar-refractivity contribution < 1.29 is 0 Å². The maximum absolute atomic E-state index is 12.0. The predicted molar refractivity (Wildman–Crippen MR) is 84.0 cm³/mol. The Kier molecular flexibility index (Phi) is 5.08. The fourth-order valence-corrected chi connectivity index (χ4v) is 1.62. The summed E-state index contributed by atoms with van der Waals surface area (Å²) in [6.07, 6.45) is 6.73. The monoisotopic (exact) mass is 272 g/mol. The molecule has 0 aliphatic carbocycles. The van der Waals surface area contributed by atoms with E-state index in [2.05, 4.69) is 23.5 Å². The molecule has 0 amide bonds. The molecule has 5 heteroatoms. The molecule has 0 atom stereocenters. The fourth-order valence-electron chi connectivity index (χ4n) is 1.62. The highest BCUT2D eigenvalue weighted by atomic mass is 16.1. The molecule has 0 fully saturated rings. The molecule has 0 aliphatic heterocycles. The molecule has 0 saturated carbocycles. The zero-order valence-corrected chi connectivity index (χ0v) is 12.1. The number of hydrogen-bond donors (Lipinski definition) is 2. The van der Waals surface area contributed by atoms with Gasteiger partial charge >= 0.3 is 0 Å². The molecule has 1 rings (SSSR count). The number of aryl methyl sites for hydroxylation is 1. The average molecular weight is 272 g/mol. The van der Waals surface area contributed by atoms with Crippen LogP contribution in [-0.2, 0) is 7.05 Å². The molecule has 3 N–H and O–H groups in total. The zero-order valence-electron chi connectivity index (χ0n) is 12.1. The van der Waals surface area contributed by atoms with Gasteiger partial charge in [-0.15, -0.1) is 0 Å². The molecular weight excluding hydrogens is 252 g/mol. The van der Waals surface area contributed by atoms with Crippen LogP contribution in [0.4, 0.5) is 5.82 Å². The minimum Gasteiger partial charge on any atom is -0.399 e. The van der Waals surface area contributed by atoms with Crippen LogP contribution < -0.4 is 16.6 Å². The van der Waals surface area contributed by atoms with E-state index in [-0.39, 0.29) is 11.4 Å². The second kappa shape index (κ2) is 6.56. The van der Waals surface area contributed by atoms with Gasteiger partial charge in [-0.05, 0) is 25.6 Å². The average Bonchev–Trinajstić information content (AvgIpc) is 2.41. The highest BCUT2D eigenvalue weighted by Crippen LogP contribution is 2.20. The third-order valence-corrected chi connectivity index (χ3v) is 2.82. The van der Waals surface area contributed by atoms with Crippen LogP contribution in [0, 0.1) is 0 Å². The van der Waals surface area contributed by atoms with Gasteiger partial charge in [-0.25, -0.2) is 4.98 Å². The van der Waals surface area contributed by atoms with E-state index in [9.17, 15) is 4.79 Å². The Balaban J connectivity index is 3.50. The summed E-state index contributed by atoms with van der Waals surface area (Å²) in [6, 6.07) is 0. The van der Waals surface area contributed by atoms with Crippen molar-refractivity contribution in [1.29, 1.82) is 0 Å². The lowest BCUT2D eigenvalue weighted by molar-refractivity contribution is 0.839. The topological polar surface area (TPSA) is 72.9 Å². The Morgan fingerprint density at radius 2 is 2.20 bits per heavy atom. The number of hydrogen-bond acceptors (Lipinski definition) is 4. The van der Waals surface area contributed by atoms with Crippen molar-refractivity contribution in [1.82, 2.24) is 9.55 Å². The summed E-state index contributed by atoms with van der Waals surface area (Å²) in [5.41, 5.74) is 8.08. The highest BCUT2D eigenvalue weighted by Gasteiger charge is 2.10. The minimum atomic E-state index is -0.209. The van der Waals surface area contributed by atoms with Crippen LogP contribution in [0.2, 0.25) is 0 Å². The first-order valence-corrected chi connectivity index (χ1v) is 6.16. The highest BCUT2D eigenvalue weighted by molar-refractivity contribution is 5.76. The number of nitrogens with zero attached hydrogens (tertiary/aromatic N) is 2. The van der Waals surface area contributed by atoms with Gasteiger partial charge in [0.25, 0.3) is 5.56 Å². The van der Waals surface area contributed by atoms with Gasteiger partial charge in [0, 0.05) is 24.5 Å². The number of nitrogens with one attached hydrogen (secondary N) is 1. The zero-order chi connectivity index (χ0) is 15.3. The van der Waals surface area contributed by atoms with Gasteiger partial charge in [0.1, 0.15) is 0 Å². The Labute approximate surface area is 118 Å². The third-order valence-electron chi connectivity index (χ3n) is 2.82. The van der Waals surface area contributed by atoms with E-state index in [1.54, 1.807) is 31.6 Å². The molecule has 0 saturated heterocycles. The van der Waals surface area contributed by atoms with E-state index >= 15 is 0 Å². The number of anilines is 1. The third kappa shape index (κ3) is 3.26. The number of allylic oxidation sites excluding steroid dienone is 4. The molecule has 106 valence electrons. The van der Waals surface area contributed by atoms with Crippen molar-refractivity contribution in [3.05, 3.63) is 65.0 Å². The Morgan fingerprint density at radius 1 is 1.55 bits per heavy atom. The first-order valence-electron chi connectivity index (χ1n) is 6.16. The summed E-state index contributed by atoms with van der Waals surface area (Å²) in [5.74, 6) is 0.248. The van der Waals surface area contributed by atoms with Crippen molar-refractivity contribution in [3.8, 4) is 0 Å². The molecule has 1 heterocycles. The number of nitrogens with two attached hydrogens (primary N) is 1. The van der Waals surface area contributed by atoms with Crippen molar-refractivity contribution in [3.63, 3.8) is 0 Å². The lowest BCUT2D eigenvalue weighted by atomic mass is 10.0. The molecule has 0 bridgehead atoms. The SMILES string of the molecule is C=C/C(=C(/C)C(=C)N)c1cn(C)c(=O)c(N/C=C/C)n1. The number of aromatic nitrogens is 2. The van der Waals surface area contributed by atoms with Gasteiger partial charge in [-0.1, -0.05) is 25.3 Å². The molecule has 0 aliphatic rings. The van der Waals surface area contributed by atoms with Gasteiger partial charge in [0.2, 0.25) is 0 Å². The predicted octanol–water partition coefficient (Wildman–Crippen LogP) is 2.16. The molecule has 0 radical (unpaired) electrons. The van der Waals surface area contributed by atoms with E-state index in [4.69, 9.17) is 5.73 Å². The standard InChI is InChI=1S/C15H20N4O/c1-6-8-17-14-15(20)19(5)9-13(18-14)12(7-2)10(3)11(4)16/h6-9H,2,4,16H2,1,3,5H3,(H,17,18)/b8-6+,12-10+. The summed E-state index contributed by atoms with van der Waals surface area (Å²) in [6.45, 7) is 11.2. The van der Waals surface area contributed by atoms with Crippen molar-refractivity contribution in [2.45, 2.75) is 13.8 Å². The minimum absolute atomic E-state index is 0.209. The Hall–Kier alpha value is -2.56. The van der Waals surface area contributed by atoms with Gasteiger partial charge in [-0.3, -0.25) is 4.79 Å². The fraction of sp³-hybridized carbons (Fsp3) is 0.200. The van der Waals surface area contributed by atoms with Crippen LogP contribution in [-0.4, -0.2) is 9.55 Å². The number of rotatable bonds is 5. The Morgan fingerprint density at radius 3 is 2.70 bits per heavy atom. The lowest BCUT2D eigenvalue weighted by Crippen LogP contribution is -2.22. The molecule has 0 spiro atoms.